The molecule has 2 aromatic rings. The van der Waals surface area contributed by atoms with Crippen LogP contribution in [0.4, 0.5) is 0 Å². The smallest absolute Gasteiger partial charge is 0.343 e. The van der Waals surface area contributed by atoms with Gasteiger partial charge in [-0.15, -0.1) is 0 Å². The molecule has 0 radical (unpaired) electrons. The molecule has 32 heavy (non-hydrogen) atoms. The zero-order chi connectivity index (χ0) is 23.2. The molecule has 0 aliphatic heterocycles. The van der Waals surface area contributed by atoms with Gasteiger partial charge in [0.05, 0.1) is 12.2 Å². The van der Waals surface area contributed by atoms with Gasteiger partial charge in [-0.1, -0.05) is 65.7 Å². The van der Waals surface area contributed by atoms with Crippen molar-refractivity contribution in [2.24, 2.45) is 5.92 Å². The van der Waals surface area contributed by atoms with E-state index >= 15 is 0 Å². The molecule has 174 valence electrons. The number of Topliss-reactive ketones (excluding diaryl/α,β-unsaturated/α-hetero) is 1. The van der Waals surface area contributed by atoms with Crippen molar-refractivity contribution >= 4 is 11.8 Å². The fourth-order valence-electron chi connectivity index (χ4n) is 3.39. The molecule has 4 heteroatoms. The first-order valence-electron chi connectivity index (χ1n) is 12.1. The second-order valence-corrected chi connectivity index (χ2v) is 8.55. The van der Waals surface area contributed by atoms with Crippen LogP contribution in [-0.2, 0) is 0 Å². The standard InChI is InChI=1S/C28H38O4/c1-4-6-7-8-9-10-11-20-31-25-16-14-24(15-17-25)28(30)32-26-18-12-23(13-19-26)27(29)21-22(3)5-2/h12-19,22H,4-11,20-21H2,1-3H3. The van der Waals surface area contributed by atoms with Crippen molar-refractivity contribution in [2.75, 3.05) is 6.61 Å². The van der Waals surface area contributed by atoms with Crippen molar-refractivity contribution in [1.82, 2.24) is 0 Å². The number of esters is 1. The van der Waals surface area contributed by atoms with E-state index in [1.807, 2.05) is 0 Å². The summed E-state index contributed by atoms with van der Waals surface area (Å²) in [5.74, 6) is 1.24. The van der Waals surface area contributed by atoms with E-state index in [0.29, 0.717) is 35.8 Å². The molecule has 0 N–H and O–H groups in total. The molecule has 0 heterocycles. The van der Waals surface area contributed by atoms with Crippen LogP contribution in [0.1, 0.15) is 99.3 Å². The van der Waals surface area contributed by atoms with Crippen LogP contribution in [0.25, 0.3) is 0 Å². The van der Waals surface area contributed by atoms with Gasteiger partial charge in [-0.25, -0.2) is 4.79 Å². The van der Waals surface area contributed by atoms with Gasteiger partial charge in [0.25, 0.3) is 0 Å². The van der Waals surface area contributed by atoms with E-state index in [0.717, 1.165) is 18.6 Å². The maximum Gasteiger partial charge on any atom is 0.343 e. The largest absolute Gasteiger partial charge is 0.494 e. The summed E-state index contributed by atoms with van der Waals surface area (Å²) >= 11 is 0. The molecular weight excluding hydrogens is 400 g/mol. The van der Waals surface area contributed by atoms with Crippen LogP contribution < -0.4 is 9.47 Å². The second kappa shape index (κ2) is 14.4. The topological polar surface area (TPSA) is 52.6 Å². The number of ketones is 1. The first-order chi connectivity index (χ1) is 15.5. The molecule has 4 nitrogen and oxygen atoms in total. The third-order valence-corrected chi connectivity index (χ3v) is 5.72. The summed E-state index contributed by atoms with van der Waals surface area (Å²) < 4.78 is 11.2. The monoisotopic (exact) mass is 438 g/mol. The van der Waals surface area contributed by atoms with Crippen molar-refractivity contribution in [3.63, 3.8) is 0 Å². The zero-order valence-corrected chi connectivity index (χ0v) is 19.9. The van der Waals surface area contributed by atoms with Gasteiger partial charge in [0.15, 0.2) is 5.78 Å². The number of hydrogen-bond donors (Lipinski definition) is 0. The Bertz CT molecular complexity index is 808. The molecule has 0 saturated heterocycles. The predicted octanol–water partition coefficient (Wildman–Crippen LogP) is 7.65. The van der Waals surface area contributed by atoms with Crippen LogP contribution in [-0.4, -0.2) is 18.4 Å². The van der Waals surface area contributed by atoms with Gasteiger partial charge in [-0.3, -0.25) is 4.79 Å². The fourth-order valence-corrected chi connectivity index (χ4v) is 3.39. The molecule has 2 rings (SSSR count). The highest BCUT2D eigenvalue weighted by atomic mass is 16.5. The second-order valence-electron chi connectivity index (χ2n) is 8.55. The lowest BCUT2D eigenvalue weighted by Crippen LogP contribution is -2.09. The first-order valence-corrected chi connectivity index (χ1v) is 12.1. The minimum atomic E-state index is -0.428. The van der Waals surface area contributed by atoms with Gasteiger partial charge < -0.3 is 9.47 Å². The van der Waals surface area contributed by atoms with Crippen molar-refractivity contribution in [1.29, 1.82) is 0 Å². The summed E-state index contributed by atoms with van der Waals surface area (Å²) in [5, 5.41) is 0. The Kier molecular flexibility index (Phi) is 11.6. The first kappa shape index (κ1) is 25.6. The van der Waals surface area contributed by atoms with Gasteiger partial charge in [0.2, 0.25) is 0 Å². The summed E-state index contributed by atoms with van der Waals surface area (Å²) in [7, 11) is 0. The summed E-state index contributed by atoms with van der Waals surface area (Å²) in [6.45, 7) is 7.07. The van der Waals surface area contributed by atoms with Crippen molar-refractivity contribution < 1.29 is 19.1 Å². The molecule has 0 aliphatic carbocycles. The van der Waals surface area contributed by atoms with Crippen LogP contribution in [0.5, 0.6) is 11.5 Å². The SMILES string of the molecule is CCCCCCCCCOc1ccc(C(=O)Oc2ccc(C(=O)CC(C)CC)cc2)cc1. The third kappa shape index (κ3) is 9.25. The Morgan fingerprint density at radius 3 is 1.94 bits per heavy atom. The van der Waals surface area contributed by atoms with Gasteiger partial charge >= 0.3 is 5.97 Å². The zero-order valence-electron chi connectivity index (χ0n) is 19.9. The van der Waals surface area contributed by atoms with Gasteiger partial charge in [0, 0.05) is 12.0 Å². The van der Waals surface area contributed by atoms with Gasteiger partial charge in [-0.05, 0) is 60.9 Å². The van der Waals surface area contributed by atoms with E-state index in [9.17, 15) is 9.59 Å². The molecule has 0 aromatic heterocycles. The minimum Gasteiger partial charge on any atom is -0.494 e. The lowest BCUT2D eigenvalue weighted by Gasteiger charge is -2.09. The Balaban J connectivity index is 1.75. The highest BCUT2D eigenvalue weighted by Crippen LogP contribution is 2.19. The Morgan fingerprint density at radius 1 is 0.750 bits per heavy atom. The van der Waals surface area contributed by atoms with E-state index in [1.165, 1.54) is 38.5 Å². The van der Waals surface area contributed by atoms with E-state index in [-0.39, 0.29) is 5.78 Å². The number of unbranched alkanes of at least 4 members (excludes halogenated alkanes) is 6. The van der Waals surface area contributed by atoms with E-state index in [4.69, 9.17) is 9.47 Å². The van der Waals surface area contributed by atoms with Crippen molar-refractivity contribution in [2.45, 2.75) is 78.6 Å². The van der Waals surface area contributed by atoms with Gasteiger partial charge in [0.1, 0.15) is 11.5 Å². The Labute approximate surface area is 193 Å². The maximum atomic E-state index is 12.4. The molecule has 0 saturated carbocycles. The third-order valence-electron chi connectivity index (χ3n) is 5.72. The normalized spacial score (nSPS) is 11.7. The number of benzene rings is 2. The van der Waals surface area contributed by atoms with Crippen LogP contribution in [0, 0.1) is 5.92 Å². The summed E-state index contributed by atoms with van der Waals surface area (Å²) in [5.41, 5.74) is 1.11. The van der Waals surface area contributed by atoms with Crippen molar-refractivity contribution in [3.05, 3.63) is 59.7 Å². The molecule has 0 bridgehead atoms. The van der Waals surface area contributed by atoms with E-state index in [1.54, 1.807) is 48.5 Å². The Hall–Kier alpha value is -2.62. The number of carbonyl (C=O) groups excluding carboxylic acids is 2. The summed E-state index contributed by atoms with van der Waals surface area (Å²) in [4.78, 5) is 24.7. The molecular formula is C28H38O4. The molecule has 1 atom stereocenters. The number of carbonyl (C=O) groups is 2. The molecule has 0 amide bonds. The molecule has 1 unspecified atom stereocenters. The van der Waals surface area contributed by atoms with E-state index in [2.05, 4.69) is 20.8 Å². The van der Waals surface area contributed by atoms with Crippen molar-refractivity contribution in [3.8, 4) is 11.5 Å². The highest BCUT2D eigenvalue weighted by molar-refractivity contribution is 5.96. The molecule has 2 aromatic carbocycles. The molecule has 0 fully saturated rings. The highest BCUT2D eigenvalue weighted by Gasteiger charge is 2.12. The summed E-state index contributed by atoms with van der Waals surface area (Å²) in [6.07, 6.45) is 10.3. The number of ether oxygens (including phenoxy) is 2. The van der Waals surface area contributed by atoms with Crippen LogP contribution in [0.2, 0.25) is 0 Å². The fraction of sp³-hybridized carbons (Fsp3) is 0.500. The predicted molar refractivity (Wildman–Crippen MR) is 130 cm³/mol. The average molecular weight is 439 g/mol. The maximum absolute atomic E-state index is 12.4. The average Bonchev–Trinajstić information content (AvgIpc) is 2.81. The lowest BCUT2D eigenvalue weighted by molar-refractivity contribution is 0.0734. The lowest BCUT2D eigenvalue weighted by atomic mass is 9.98. The van der Waals surface area contributed by atoms with Crippen LogP contribution in [0.15, 0.2) is 48.5 Å². The quantitative estimate of drug-likeness (QED) is 0.124. The number of rotatable bonds is 15. The molecule has 0 aliphatic rings. The van der Waals surface area contributed by atoms with Crippen LogP contribution >= 0.6 is 0 Å². The van der Waals surface area contributed by atoms with E-state index < -0.39 is 5.97 Å². The summed E-state index contributed by atoms with van der Waals surface area (Å²) in [6, 6.07) is 13.8. The molecule has 0 spiro atoms. The van der Waals surface area contributed by atoms with Gasteiger partial charge in [-0.2, -0.15) is 0 Å². The number of hydrogen-bond acceptors (Lipinski definition) is 4. The minimum absolute atomic E-state index is 0.115. The van der Waals surface area contributed by atoms with Crippen LogP contribution in [0.3, 0.4) is 0 Å². The Morgan fingerprint density at radius 2 is 1.31 bits per heavy atom.